The van der Waals surface area contributed by atoms with Crippen molar-refractivity contribution in [1.29, 1.82) is 0 Å². The molecule has 0 spiro atoms. The smallest absolute Gasteiger partial charge is 0.339 e. The normalized spacial score (nSPS) is 11.0. The molecule has 0 saturated carbocycles. The Morgan fingerprint density at radius 1 is 1.20 bits per heavy atom. The number of methoxy groups -OCH3 is 1. The largest absolute Gasteiger partial charge is 0.465 e. The Morgan fingerprint density at radius 2 is 1.92 bits per heavy atom. The molecule has 0 fully saturated rings. The zero-order chi connectivity index (χ0) is 18.3. The van der Waals surface area contributed by atoms with Gasteiger partial charge in [0, 0.05) is 18.8 Å². The van der Waals surface area contributed by atoms with Gasteiger partial charge in [0.15, 0.2) is 0 Å². The summed E-state index contributed by atoms with van der Waals surface area (Å²) in [5.41, 5.74) is 1.99. The molecular weight excluding hydrogens is 541 g/mol. The minimum absolute atomic E-state index is 0.319. The third kappa shape index (κ3) is 3.32. The van der Waals surface area contributed by atoms with Crippen molar-refractivity contribution in [3.63, 3.8) is 0 Å². The van der Waals surface area contributed by atoms with Gasteiger partial charge in [0.05, 0.1) is 32.8 Å². The van der Waals surface area contributed by atoms with Gasteiger partial charge in [0.2, 0.25) is 0 Å². The van der Waals surface area contributed by atoms with Crippen LogP contribution in [0.3, 0.4) is 0 Å². The van der Waals surface area contributed by atoms with Crippen LogP contribution in [0, 0.1) is 0 Å². The third-order valence-corrected chi connectivity index (χ3v) is 7.53. The number of rotatable bonds is 3. The molecule has 0 aliphatic heterocycles. The predicted octanol–water partition coefficient (Wildman–Crippen LogP) is 5.61. The minimum Gasteiger partial charge on any atom is -0.465 e. The average molecular weight is 552 g/mol. The first kappa shape index (κ1) is 18.7. The number of hydrogen-bond acceptors (Lipinski definition) is 3. The van der Waals surface area contributed by atoms with Crippen LogP contribution in [0.15, 0.2) is 44.1 Å². The number of esters is 1. The van der Waals surface area contributed by atoms with E-state index in [9.17, 15) is 4.79 Å². The zero-order valence-electron chi connectivity index (χ0n) is 13.1. The lowest BCUT2D eigenvalue weighted by atomic mass is 10.1. The molecule has 0 bridgehead atoms. The van der Waals surface area contributed by atoms with Crippen molar-refractivity contribution in [2.75, 3.05) is 7.11 Å². The summed E-state index contributed by atoms with van der Waals surface area (Å²) < 4.78 is 11.1. The van der Waals surface area contributed by atoms with Crippen LogP contribution in [0.2, 0.25) is 5.02 Å². The number of nitrogens with zero attached hydrogens (tertiary/aromatic N) is 3. The van der Waals surface area contributed by atoms with E-state index in [1.54, 1.807) is 23.0 Å². The molecule has 25 heavy (non-hydrogen) atoms. The van der Waals surface area contributed by atoms with Gasteiger partial charge in [-0.25, -0.2) is 9.48 Å². The molecule has 3 rings (SSSR count). The van der Waals surface area contributed by atoms with Crippen LogP contribution in [0.4, 0.5) is 0 Å². The SMILES string of the molecule is COC(=O)c1cc(-c2cnn(-c3c(Br)c(Br)c(Br)n3C)c2)ccc1Cl. The highest BCUT2D eigenvalue weighted by Crippen LogP contribution is 2.38. The van der Waals surface area contributed by atoms with E-state index < -0.39 is 5.97 Å². The van der Waals surface area contributed by atoms with Crippen molar-refractivity contribution >= 4 is 65.4 Å². The van der Waals surface area contributed by atoms with Gasteiger partial charge in [0.25, 0.3) is 0 Å². The van der Waals surface area contributed by atoms with Gasteiger partial charge in [-0.15, -0.1) is 0 Å². The Morgan fingerprint density at radius 3 is 2.52 bits per heavy atom. The molecule has 0 unspecified atom stereocenters. The number of aromatic nitrogens is 3. The maximum Gasteiger partial charge on any atom is 0.339 e. The quantitative estimate of drug-likeness (QED) is 0.398. The number of halogens is 4. The van der Waals surface area contributed by atoms with E-state index in [4.69, 9.17) is 16.3 Å². The van der Waals surface area contributed by atoms with Gasteiger partial charge in [-0.1, -0.05) is 17.7 Å². The maximum atomic E-state index is 11.8. The number of hydrogen-bond donors (Lipinski definition) is 0. The first-order valence-electron chi connectivity index (χ1n) is 6.97. The molecule has 9 heteroatoms. The molecular formula is C16H11Br3ClN3O2. The van der Waals surface area contributed by atoms with Gasteiger partial charge in [-0.05, 0) is 65.5 Å². The molecule has 0 atom stereocenters. The average Bonchev–Trinajstić information content (AvgIpc) is 3.15. The first-order valence-corrected chi connectivity index (χ1v) is 9.73. The summed E-state index contributed by atoms with van der Waals surface area (Å²) in [6.45, 7) is 0. The molecule has 2 heterocycles. The zero-order valence-corrected chi connectivity index (χ0v) is 18.6. The molecule has 0 radical (unpaired) electrons. The van der Waals surface area contributed by atoms with Crippen molar-refractivity contribution in [2.24, 2.45) is 7.05 Å². The molecule has 5 nitrogen and oxygen atoms in total. The number of carbonyl (C=O) groups excluding carboxylic acids is 1. The topological polar surface area (TPSA) is 49.0 Å². The summed E-state index contributed by atoms with van der Waals surface area (Å²) in [6, 6.07) is 5.20. The van der Waals surface area contributed by atoms with Gasteiger partial charge in [-0.2, -0.15) is 5.10 Å². The third-order valence-electron chi connectivity index (χ3n) is 3.69. The van der Waals surface area contributed by atoms with Crippen molar-refractivity contribution in [1.82, 2.24) is 14.3 Å². The monoisotopic (exact) mass is 549 g/mol. The summed E-state index contributed by atoms with van der Waals surface area (Å²) >= 11 is 16.7. The van der Waals surface area contributed by atoms with E-state index in [0.29, 0.717) is 10.6 Å². The van der Waals surface area contributed by atoms with Gasteiger partial charge >= 0.3 is 5.97 Å². The second kappa shape index (κ2) is 7.26. The Labute approximate surface area is 174 Å². The van der Waals surface area contributed by atoms with E-state index in [1.807, 2.05) is 23.9 Å². The lowest BCUT2D eigenvalue weighted by molar-refractivity contribution is 0.0601. The molecule has 0 saturated heterocycles. The Balaban J connectivity index is 2.06. The summed E-state index contributed by atoms with van der Waals surface area (Å²) in [4.78, 5) is 11.8. The predicted molar refractivity (Wildman–Crippen MR) is 107 cm³/mol. The van der Waals surface area contributed by atoms with Crippen molar-refractivity contribution < 1.29 is 9.53 Å². The highest BCUT2D eigenvalue weighted by molar-refractivity contribution is 9.14. The fourth-order valence-corrected chi connectivity index (χ4v) is 4.30. The van der Waals surface area contributed by atoms with Crippen LogP contribution in [0.1, 0.15) is 10.4 Å². The lowest BCUT2D eigenvalue weighted by Crippen LogP contribution is -2.03. The molecule has 0 N–H and O–H groups in total. The molecule has 1 aromatic carbocycles. The molecule has 0 aliphatic carbocycles. The first-order chi connectivity index (χ1) is 11.8. The second-order valence-electron chi connectivity index (χ2n) is 5.16. The summed E-state index contributed by atoms with van der Waals surface area (Å²) in [6.07, 6.45) is 3.61. The molecule has 3 aromatic rings. The van der Waals surface area contributed by atoms with Crippen LogP contribution in [0.25, 0.3) is 16.9 Å². The van der Waals surface area contributed by atoms with Crippen molar-refractivity contribution in [3.8, 4) is 16.9 Å². The Hall–Kier alpha value is -1.09. The van der Waals surface area contributed by atoms with E-state index in [1.165, 1.54) is 7.11 Å². The maximum absolute atomic E-state index is 11.8. The van der Waals surface area contributed by atoms with E-state index >= 15 is 0 Å². The van der Waals surface area contributed by atoms with Crippen LogP contribution in [0.5, 0.6) is 0 Å². The minimum atomic E-state index is -0.475. The second-order valence-corrected chi connectivity index (χ2v) is 7.91. The Bertz CT molecular complexity index is 956. The van der Waals surface area contributed by atoms with Crippen molar-refractivity contribution in [3.05, 3.63) is 54.7 Å². The molecule has 130 valence electrons. The van der Waals surface area contributed by atoms with Crippen LogP contribution in [-0.4, -0.2) is 27.4 Å². The standard InChI is InChI=1S/C16H11Br3ClN3O2/c1-22-14(19)12(17)13(18)15(22)23-7-9(6-21-23)8-3-4-11(20)10(5-8)16(24)25-2/h3-7H,1-2H3. The van der Waals surface area contributed by atoms with Gasteiger partial charge in [0.1, 0.15) is 10.4 Å². The summed E-state index contributed by atoms with van der Waals surface area (Å²) in [5, 5.41) is 4.78. The van der Waals surface area contributed by atoms with E-state index in [2.05, 4.69) is 52.9 Å². The summed E-state index contributed by atoms with van der Waals surface area (Å²) in [7, 11) is 3.25. The number of carbonyl (C=O) groups is 1. The van der Waals surface area contributed by atoms with Crippen LogP contribution >= 0.6 is 59.4 Å². The van der Waals surface area contributed by atoms with Gasteiger partial charge in [-0.3, -0.25) is 0 Å². The van der Waals surface area contributed by atoms with E-state index in [0.717, 1.165) is 30.5 Å². The molecule has 0 aliphatic rings. The van der Waals surface area contributed by atoms with Crippen LogP contribution < -0.4 is 0 Å². The Kier molecular flexibility index (Phi) is 5.43. The number of benzene rings is 1. The molecule has 0 amide bonds. The fraction of sp³-hybridized carbons (Fsp3) is 0.125. The van der Waals surface area contributed by atoms with Crippen LogP contribution in [-0.2, 0) is 11.8 Å². The van der Waals surface area contributed by atoms with E-state index in [-0.39, 0.29) is 0 Å². The van der Waals surface area contributed by atoms with Crippen molar-refractivity contribution in [2.45, 2.75) is 0 Å². The number of ether oxygens (including phenoxy) is 1. The highest BCUT2D eigenvalue weighted by Gasteiger charge is 2.19. The molecule has 2 aromatic heterocycles. The van der Waals surface area contributed by atoms with Gasteiger partial charge < -0.3 is 9.30 Å². The fourth-order valence-electron chi connectivity index (χ4n) is 2.39. The highest BCUT2D eigenvalue weighted by atomic mass is 79.9. The lowest BCUT2D eigenvalue weighted by Gasteiger charge is -2.06. The summed E-state index contributed by atoms with van der Waals surface area (Å²) in [5.74, 6) is 0.379.